The van der Waals surface area contributed by atoms with E-state index in [4.69, 9.17) is 15.2 Å². The predicted molar refractivity (Wildman–Crippen MR) is 88.8 cm³/mol. The predicted octanol–water partition coefficient (Wildman–Crippen LogP) is 2.13. The van der Waals surface area contributed by atoms with Crippen LogP contribution in [0, 0.1) is 0 Å². The largest absolute Gasteiger partial charge is 0.491 e. The van der Waals surface area contributed by atoms with E-state index in [0.29, 0.717) is 18.7 Å². The molecule has 1 saturated heterocycles. The van der Waals surface area contributed by atoms with Gasteiger partial charge in [0.2, 0.25) is 0 Å². The number of hydrogen-bond acceptors (Lipinski definition) is 4. The number of benzene rings is 1. The summed E-state index contributed by atoms with van der Waals surface area (Å²) in [4.78, 5) is 11.9. The fourth-order valence-corrected chi connectivity index (χ4v) is 2.08. The summed E-state index contributed by atoms with van der Waals surface area (Å²) < 4.78 is 11.2. The first-order valence-corrected chi connectivity index (χ1v) is 7.35. The maximum atomic E-state index is 11.9. The molecule has 22 heavy (non-hydrogen) atoms. The Morgan fingerprint density at radius 1 is 1.41 bits per heavy atom. The number of rotatable bonds is 6. The maximum Gasteiger partial charge on any atom is 0.251 e. The third kappa shape index (κ3) is 6.22. The normalized spacial score (nSPS) is 17.7. The second-order valence-corrected chi connectivity index (χ2v) is 6.14. The second kappa shape index (κ2) is 8.36. The van der Waals surface area contributed by atoms with Crippen LogP contribution in [-0.4, -0.2) is 37.3 Å². The van der Waals surface area contributed by atoms with Crippen LogP contribution in [0.15, 0.2) is 24.3 Å². The molecule has 1 aromatic carbocycles. The van der Waals surface area contributed by atoms with Gasteiger partial charge in [-0.1, -0.05) is 0 Å². The molecule has 0 aromatic heterocycles. The monoisotopic (exact) mass is 328 g/mol. The van der Waals surface area contributed by atoms with Crippen molar-refractivity contribution in [3.63, 3.8) is 0 Å². The Kier molecular flexibility index (Phi) is 7.13. The maximum absolute atomic E-state index is 11.9. The van der Waals surface area contributed by atoms with E-state index in [1.165, 1.54) is 0 Å². The van der Waals surface area contributed by atoms with Crippen molar-refractivity contribution in [3.8, 4) is 5.75 Å². The van der Waals surface area contributed by atoms with Gasteiger partial charge in [0.25, 0.3) is 5.91 Å². The molecule has 2 rings (SSSR count). The summed E-state index contributed by atoms with van der Waals surface area (Å²) in [5.74, 6) is 0.625. The highest BCUT2D eigenvalue weighted by atomic mass is 35.5. The van der Waals surface area contributed by atoms with E-state index in [1.54, 1.807) is 24.3 Å². The molecule has 3 N–H and O–H groups in total. The van der Waals surface area contributed by atoms with Crippen molar-refractivity contribution < 1.29 is 14.3 Å². The quantitative estimate of drug-likeness (QED) is 0.839. The molecule has 1 fully saturated rings. The minimum absolute atomic E-state index is 0. The van der Waals surface area contributed by atoms with Crippen LogP contribution in [0.2, 0.25) is 0 Å². The van der Waals surface area contributed by atoms with Crippen molar-refractivity contribution in [3.05, 3.63) is 29.8 Å². The summed E-state index contributed by atoms with van der Waals surface area (Å²) in [7, 11) is 0. The molecule has 0 radical (unpaired) electrons. The molecule has 1 atom stereocenters. The van der Waals surface area contributed by atoms with Gasteiger partial charge in [-0.05, 0) is 51.0 Å². The minimum atomic E-state index is -0.417. The summed E-state index contributed by atoms with van der Waals surface area (Å²) in [6.07, 6.45) is 2.35. The molecule has 1 heterocycles. The lowest BCUT2D eigenvalue weighted by Crippen LogP contribution is -2.45. The molecular formula is C16H25ClN2O3. The molecule has 0 saturated carbocycles. The average molecular weight is 329 g/mol. The Morgan fingerprint density at radius 2 is 2.09 bits per heavy atom. The Bertz CT molecular complexity index is 465. The highest BCUT2D eigenvalue weighted by molar-refractivity contribution is 5.94. The van der Waals surface area contributed by atoms with Gasteiger partial charge in [0.15, 0.2) is 0 Å². The standard InChI is InChI=1S/C16H24N2O3.ClH/c1-16(2,17)11-18-15(19)12-5-7-13(8-6-12)21-10-14-4-3-9-20-14;/h5-8,14H,3-4,9-11,17H2,1-2H3,(H,18,19);1H. The molecule has 1 aliphatic rings. The van der Waals surface area contributed by atoms with E-state index in [-0.39, 0.29) is 24.4 Å². The molecule has 0 bridgehead atoms. The fourth-order valence-electron chi connectivity index (χ4n) is 2.08. The number of ether oxygens (including phenoxy) is 2. The van der Waals surface area contributed by atoms with Crippen LogP contribution in [0.3, 0.4) is 0 Å². The van der Waals surface area contributed by atoms with Gasteiger partial charge >= 0.3 is 0 Å². The summed E-state index contributed by atoms with van der Waals surface area (Å²) in [5.41, 5.74) is 6.02. The highest BCUT2D eigenvalue weighted by Crippen LogP contribution is 2.16. The SMILES string of the molecule is CC(C)(N)CNC(=O)c1ccc(OCC2CCCO2)cc1.Cl. The van der Waals surface area contributed by atoms with Gasteiger partial charge in [0.05, 0.1) is 6.10 Å². The molecule has 5 nitrogen and oxygen atoms in total. The van der Waals surface area contributed by atoms with Crippen molar-refractivity contribution in [2.75, 3.05) is 19.8 Å². The first kappa shape index (κ1) is 18.7. The smallest absolute Gasteiger partial charge is 0.251 e. The second-order valence-electron chi connectivity index (χ2n) is 6.14. The van der Waals surface area contributed by atoms with Gasteiger partial charge in [-0.25, -0.2) is 0 Å². The molecule has 1 aliphatic heterocycles. The Hall–Kier alpha value is -1.30. The van der Waals surface area contributed by atoms with Gasteiger partial charge in [-0.15, -0.1) is 12.4 Å². The zero-order valence-electron chi connectivity index (χ0n) is 13.1. The number of nitrogens with two attached hydrogens (primary N) is 1. The number of hydrogen-bond donors (Lipinski definition) is 2. The molecule has 6 heteroatoms. The van der Waals surface area contributed by atoms with E-state index < -0.39 is 5.54 Å². The number of amides is 1. The number of nitrogens with one attached hydrogen (secondary N) is 1. The van der Waals surface area contributed by atoms with E-state index in [2.05, 4.69) is 5.32 Å². The molecule has 124 valence electrons. The highest BCUT2D eigenvalue weighted by Gasteiger charge is 2.16. The van der Waals surface area contributed by atoms with Crippen LogP contribution >= 0.6 is 12.4 Å². The van der Waals surface area contributed by atoms with Crippen LogP contribution in [-0.2, 0) is 4.74 Å². The van der Waals surface area contributed by atoms with E-state index in [1.807, 2.05) is 13.8 Å². The van der Waals surface area contributed by atoms with Crippen LogP contribution in [0.5, 0.6) is 5.75 Å². The molecule has 0 spiro atoms. The number of halogens is 1. The average Bonchev–Trinajstić information content (AvgIpc) is 2.95. The van der Waals surface area contributed by atoms with E-state index in [0.717, 1.165) is 25.2 Å². The van der Waals surface area contributed by atoms with Crippen molar-refractivity contribution in [2.45, 2.75) is 38.3 Å². The first-order valence-electron chi connectivity index (χ1n) is 7.35. The van der Waals surface area contributed by atoms with E-state index >= 15 is 0 Å². The number of carbonyl (C=O) groups excluding carboxylic acids is 1. The minimum Gasteiger partial charge on any atom is -0.491 e. The van der Waals surface area contributed by atoms with Crippen LogP contribution in [0.4, 0.5) is 0 Å². The molecule has 1 aromatic rings. The van der Waals surface area contributed by atoms with Crippen molar-refractivity contribution in [1.29, 1.82) is 0 Å². The molecule has 0 aliphatic carbocycles. The number of carbonyl (C=O) groups is 1. The molecule has 1 amide bonds. The summed E-state index contributed by atoms with van der Waals surface area (Å²) >= 11 is 0. The third-order valence-electron chi connectivity index (χ3n) is 3.28. The van der Waals surface area contributed by atoms with Gasteiger partial charge in [0.1, 0.15) is 12.4 Å². The lowest BCUT2D eigenvalue weighted by molar-refractivity contribution is 0.0679. The third-order valence-corrected chi connectivity index (χ3v) is 3.28. The van der Waals surface area contributed by atoms with Crippen LogP contribution in [0.1, 0.15) is 37.0 Å². The van der Waals surface area contributed by atoms with Gasteiger partial charge in [0, 0.05) is 24.3 Å². The van der Waals surface area contributed by atoms with E-state index in [9.17, 15) is 4.79 Å². The van der Waals surface area contributed by atoms with Gasteiger partial charge < -0.3 is 20.5 Å². The Morgan fingerprint density at radius 3 is 2.64 bits per heavy atom. The summed E-state index contributed by atoms with van der Waals surface area (Å²) in [6.45, 7) is 5.56. The first-order chi connectivity index (χ1) is 9.94. The van der Waals surface area contributed by atoms with Crippen molar-refractivity contribution >= 4 is 18.3 Å². The Labute approximate surface area is 138 Å². The zero-order chi connectivity index (χ0) is 15.3. The van der Waals surface area contributed by atoms with Crippen LogP contribution < -0.4 is 15.8 Å². The summed E-state index contributed by atoms with van der Waals surface area (Å²) in [6, 6.07) is 7.11. The van der Waals surface area contributed by atoms with Crippen molar-refractivity contribution in [1.82, 2.24) is 5.32 Å². The topological polar surface area (TPSA) is 73.6 Å². The lowest BCUT2D eigenvalue weighted by atomic mass is 10.1. The fraction of sp³-hybridized carbons (Fsp3) is 0.562. The lowest BCUT2D eigenvalue weighted by Gasteiger charge is -2.19. The molecular weight excluding hydrogens is 304 g/mol. The van der Waals surface area contributed by atoms with Gasteiger partial charge in [-0.2, -0.15) is 0 Å². The molecule has 1 unspecified atom stereocenters. The summed E-state index contributed by atoms with van der Waals surface area (Å²) in [5, 5.41) is 2.81. The zero-order valence-corrected chi connectivity index (χ0v) is 13.9. The van der Waals surface area contributed by atoms with Crippen LogP contribution in [0.25, 0.3) is 0 Å². The van der Waals surface area contributed by atoms with Gasteiger partial charge in [-0.3, -0.25) is 4.79 Å². The Balaban J connectivity index is 0.00000242. The van der Waals surface area contributed by atoms with Crippen molar-refractivity contribution in [2.24, 2.45) is 5.73 Å².